The van der Waals surface area contributed by atoms with E-state index in [0.29, 0.717) is 6.04 Å². The summed E-state index contributed by atoms with van der Waals surface area (Å²) in [5, 5.41) is 3.56. The van der Waals surface area contributed by atoms with Crippen molar-refractivity contribution in [1.82, 2.24) is 5.32 Å². The van der Waals surface area contributed by atoms with Crippen LogP contribution in [-0.2, 0) is 9.47 Å². The van der Waals surface area contributed by atoms with Gasteiger partial charge >= 0.3 is 0 Å². The molecule has 0 radical (unpaired) electrons. The lowest BCUT2D eigenvalue weighted by molar-refractivity contribution is -0.0901. The van der Waals surface area contributed by atoms with Crippen molar-refractivity contribution in [2.45, 2.75) is 64.0 Å². The standard InChI is InChI=1S/C14H29NO2/c1-4-15-13(12-16-3)14(17-5-2)10-8-6-7-9-11-14/h13,15H,4-12H2,1-3H3. The molecule has 3 heteroatoms. The van der Waals surface area contributed by atoms with Gasteiger partial charge in [-0.15, -0.1) is 0 Å². The molecule has 1 fully saturated rings. The molecular weight excluding hydrogens is 214 g/mol. The number of methoxy groups -OCH3 is 1. The van der Waals surface area contributed by atoms with Gasteiger partial charge < -0.3 is 14.8 Å². The quantitative estimate of drug-likeness (QED) is 0.697. The van der Waals surface area contributed by atoms with Crippen LogP contribution >= 0.6 is 0 Å². The normalized spacial score (nSPS) is 22.1. The molecule has 1 N–H and O–H groups in total. The van der Waals surface area contributed by atoms with E-state index in [1.54, 1.807) is 7.11 Å². The summed E-state index contributed by atoms with van der Waals surface area (Å²) in [4.78, 5) is 0. The number of likely N-dealkylation sites (N-methyl/N-ethyl adjacent to an activating group) is 1. The topological polar surface area (TPSA) is 30.5 Å². The van der Waals surface area contributed by atoms with Crippen molar-refractivity contribution in [2.24, 2.45) is 0 Å². The van der Waals surface area contributed by atoms with Gasteiger partial charge in [-0.3, -0.25) is 0 Å². The summed E-state index contributed by atoms with van der Waals surface area (Å²) < 4.78 is 11.6. The van der Waals surface area contributed by atoms with Gasteiger partial charge in [0, 0.05) is 13.7 Å². The first kappa shape index (κ1) is 14.9. The third-order valence-electron chi connectivity index (χ3n) is 3.80. The number of hydrogen-bond acceptors (Lipinski definition) is 3. The molecule has 0 spiro atoms. The second-order valence-electron chi connectivity index (χ2n) is 4.98. The summed E-state index contributed by atoms with van der Waals surface area (Å²) in [5.74, 6) is 0. The molecule has 1 atom stereocenters. The van der Waals surface area contributed by atoms with Crippen LogP contribution in [0.2, 0.25) is 0 Å². The highest BCUT2D eigenvalue weighted by atomic mass is 16.5. The maximum atomic E-state index is 6.18. The summed E-state index contributed by atoms with van der Waals surface area (Å²) >= 11 is 0. The van der Waals surface area contributed by atoms with Crippen molar-refractivity contribution in [2.75, 3.05) is 26.9 Å². The Morgan fingerprint density at radius 1 is 1.12 bits per heavy atom. The van der Waals surface area contributed by atoms with Gasteiger partial charge in [0.25, 0.3) is 0 Å². The van der Waals surface area contributed by atoms with E-state index < -0.39 is 0 Å². The van der Waals surface area contributed by atoms with Crippen molar-refractivity contribution in [1.29, 1.82) is 0 Å². The van der Waals surface area contributed by atoms with Crippen LogP contribution in [0.3, 0.4) is 0 Å². The lowest BCUT2D eigenvalue weighted by Gasteiger charge is -2.40. The van der Waals surface area contributed by atoms with Crippen LogP contribution in [0.15, 0.2) is 0 Å². The zero-order valence-corrected chi connectivity index (χ0v) is 11.8. The van der Waals surface area contributed by atoms with Gasteiger partial charge in [0.05, 0.1) is 18.2 Å². The van der Waals surface area contributed by atoms with E-state index >= 15 is 0 Å². The van der Waals surface area contributed by atoms with E-state index in [-0.39, 0.29) is 5.60 Å². The molecule has 1 rings (SSSR count). The maximum Gasteiger partial charge on any atom is 0.0857 e. The Balaban J connectivity index is 2.76. The third-order valence-corrected chi connectivity index (χ3v) is 3.80. The fourth-order valence-electron chi connectivity index (χ4n) is 3.02. The summed E-state index contributed by atoms with van der Waals surface area (Å²) in [5.41, 5.74) is -0.00271. The SMILES string of the molecule is CCNC(COC)C1(OCC)CCCCCC1. The molecule has 0 aromatic heterocycles. The minimum Gasteiger partial charge on any atom is -0.383 e. The Morgan fingerprint density at radius 2 is 1.76 bits per heavy atom. The molecule has 3 nitrogen and oxygen atoms in total. The molecule has 0 heterocycles. The zero-order chi connectivity index (χ0) is 12.6. The van der Waals surface area contributed by atoms with Gasteiger partial charge in [-0.2, -0.15) is 0 Å². The molecule has 1 unspecified atom stereocenters. The second-order valence-corrected chi connectivity index (χ2v) is 4.98. The molecule has 0 saturated heterocycles. The lowest BCUT2D eigenvalue weighted by Crippen LogP contribution is -2.54. The predicted molar refractivity (Wildman–Crippen MR) is 71.4 cm³/mol. The van der Waals surface area contributed by atoms with Gasteiger partial charge in [-0.1, -0.05) is 32.6 Å². The highest BCUT2D eigenvalue weighted by Crippen LogP contribution is 2.33. The van der Waals surface area contributed by atoms with E-state index in [0.717, 1.165) is 19.8 Å². The minimum atomic E-state index is -0.00271. The van der Waals surface area contributed by atoms with Gasteiger partial charge in [0.15, 0.2) is 0 Å². The van der Waals surface area contributed by atoms with Crippen LogP contribution in [-0.4, -0.2) is 38.5 Å². The Morgan fingerprint density at radius 3 is 2.24 bits per heavy atom. The maximum absolute atomic E-state index is 6.18. The predicted octanol–water partition coefficient (Wildman–Crippen LogP) is 2.74. The first-order chi connectivity index (χ1) is 8.29. The second kappa shape index (κ2) is 8.06. The monoisotopic (exact) mass is 243 g/mol. The van der Waals surface area contributed by atoms with Crippen LogP contribution in [0.25, 0.3) is 0 Å². The Labute approximate surface area is 106 Å². The molecule has 0 aliphatic heterocycles. The van der Waals surface area contributed by atoms with E-state index in [2.05, 4.69) is 19.2 Å². The fraction of sp³-hybridized carbons (Fsp3) is 1.00. The van der Waals surface area contributed by atoms with Crippen molar-refractivity contribution in [3.05, 3.63) is 0 Å². The van der Waals surface area contributed by atoms with Crippen molar-refractivity contribution in [3.63, 3.8) is 0 Å². The van der Waals surface area contributed by atoms with Crippen LogP contribution in [0, 0.1) is 0 Å². The first-order valence-corrected chi connectivity index (χ1v) is 7.15. The van der Waals surface area contributed by atoms with Crippen LogP contribution < -0.4 is 5.32 Å². The van der Waals surface area contributed by atoms with E-state index in [1.165, 1.54) is 38.5 Å². The third kappa shape index (κ3) is 4.23. The molecular formula is C14H29NO2. The summed E-state index contributed by atoms with van der Waals surface area (Å²) in [7, 11) is 1.78. The summed E-state index contributed by atoms with van der Waals surface area (Å²) in [6.07, 6.45) is 7.60. The average molecular weight is 243 g/mol. The van der Waals surface area contributed by atoms with Gasteiger partial charge in [-0.05, 0) is 26.3 Å². The Kier molecular flexibility index (Phi) is 7.09. The molecule has 0 amide bonds. The summed E-state index contributed by atoms with van der Waals surface area (Å²) in [6, 6.07) is 0.329. The molecule has 1 aliphatic carbocycles. The van der Waals surface area contributed by atoms with Crippen molar-refractivity contribution < 1.29 is 9.47 Å². The Bertz CT molecular complexity index is 183. The molecule has 0 aromatic rings. The van der Waals surface area contributed by atoms with Crippen molar-refractivity contribution >= 4 is 0 Å². The summed E-state index contributed by atoms with van der Waals surface area (Å²) in [6.45, 7) is 6.77. The number of nitrogens with one attached hydrogen (secondary N) is 1. The number of hydrogen-bond donors (Lipinski definition) is 1. The smallest absolute Gasteiger partial charge is 0.0857 e. The molecule has 1 aliphatic rings. The minimum absolute atomic E-state index is 0.00271. The van der Waals surface area contributed by atoms with Crippen LogP contribution in [0.1, 0.15) is 52.4 Å². The van der Waals surface area contributed by atoms with Gasteiger partial charge in [-0.25, -0.2) is 0 Å². The highest BCUT2D eigenvalue weighted by Gasteiger charge is 2.39. The average Bonchev–Trinajstić information content (AvgIpc) is 2.56. The molecule has 17 heavy (non-hydrogen) atoms. The molecule has 102 valence electrons. The molecule has 1 saturated carbocycles. The number of rotatable bonds is 7. The first-order valence-electron chi connectivity index (χ1n) is 7.15. The van der Waals surface area contributed by atoms with E-state index in [9.17, 15) is 0 Å². The Hall–Kier alpha value is -0.120. The number of ether oxygens (including phenoxy) is 2. The molecule has 0 aromatic carbocycles. The van der Waals surface area contributed by atoms with Crippen LogP contribution in [0.5, 0.6) is 0 Å². The zero-order valence-electron chi connectivity index (χ0n) is 11.8. The largest absolute Gasteiger partial charge is 0.383 e. The van der Waals surface area contributed by atoms with Gasteiger partial charge in [0.1, 0.15) is 0 Å². The van der Waals surface area contributed by atoms with Crippen LogP contribution in [0.4, 0.5) is 0 Å². The van der Waals surface area contributed by atoms with Gasteiger partial charge in [0.2, 0.25) is 0 Å². The van der Waals surface area contributed by atoms with E-state index in [1.807, 2.05) is 0 Å². The lowest BCUT2D eigenvalue weighted by atomic mass is 9.86. The fourth-order valence-corrected chi connectivity index (χ4v) is 3.02. The molecule has 0 bridgehead atoms. The van der Waals surface area contributed by atoms with E-state index in [4.69, 9.17) is 9.47 Å². The highest BCUT2D eigenvalue weighted by molar-refractivity contribution is 4.94. The van der Waals surface area contributed by atoms with Crippen molar-refractivity contribution in [3.8, 4) is 0 Å².